The van der Waals surface area contributed by atoms with E-state index in [0.29, 0.717) is 6.54 Å². The van der Waals surface area contributed by atoms with Crippen LogP contribution in [0.4, 0.5) is 0 Å². The smallest absolute Gasteiger partial charge is 0.177 e. The van der Waals surface area contributed by atoms with Crippen LogP contribution in [0.5, 0.6) is 0 Å². The van der Waals surface area contributed by atoms with Gasteiger partial charge in [-0.15, -0.1) is 0 Å². The van der Waals surface area contributed by atoms with Gasteiger partial charge in [0.1, 0.15) is 5.82 Å². The molecule has 3 rings (SSSR count). The Morgan fingerprint density at radius 1 is 1.32 bits per heavy atom. The fourth-order valence-electron chi connectivity index (χ4n) is 2.09. The van der Waals surface area contributed by atoms with E-state index in [4.69, 9.17) is 11.6 Å². The standard InChI is InChI=1S/C14H11ClIN3/c1-9-18-14-13(3-2-6-17-14)19(9)8-10-4-5-11(16)7-12(10)15/h2-7H,8H2,1H3. The Balaban J connectivity index is 2.08. The number of aromatic nitrogens is 3. The highest BCUT2D eigenvalue weighted by Crippen LogP contribution is 2.22. The minimum Gasteiger partial charge on any atom is -0.322 e. The highest BCUT2D eigenvalue weighted by molar-refractivity contribution is 14.1. The average Bonchev–Trinajstić information content (AvgIpc) is 2.69. The zero-order valence-corrected chi connectivity index (χ0v) is 13.2. The molecule has 0 spiro atoms. The molecule has 2 aromatic heterocycles. The van der Waals surface area contributed by atoms with E-state index >= 15 is 0 Å². The first-order chi connectivity index (χ1) is 9.15. The van der Waals surface area contributed by atoms with Crippen LogP contribution in [0.25, 0.3) is 11.2 Å². The lowest BCUT2D eigenvalue weighted by Gasteiger charge is -2.09. The monoisotopic (exact) mass is 383 g/mol. The van der Waals surface area contributed by atoms with Crippen LogP contribution in [0.15, 0.2) is 36.5 Å². The van der Waals surface area contributed by atoms with Gasteiger partial charge in [-0.3, -0.25) is 0 Å². The minimum absolute atomic E-state index is 0.712. The Labute approximate surface area is 129 Å². The van der Waals surface area contributed by atoms with Crippen LogP contribution in [-0.4, -0.2) is 14.5 Å². The summed E-state index contributed by atoms with van der Waals surface area (Å²) < 4.78 is 3.27. The number of pyridine rings is 1. The van der Waals surface area contributed by atoms with E-state index in [0.717, 1.165) is 31.1 Å². The Morgan fingerprint density at radius 3 is 2.95 bits per heavy atom. The molecule has 1 aromatic carbocycles. The third-order valence-corrected chi connectivity index (χ3v) is 4.08. The van der Waals surface area contributed by atoms with Crippen LogP contribution in [0.3, 0.4) is 0 Å². The number of aryl methyl sites for hydroxylation is 1. The Hall–Kier alpha value is -1.14. The van der Waals surface area contributed by atoms with Gasteiger partial charge < -0.3 is 4.57 Å². The van der Waals surface area contributed by atoms with Gasteiger partial charge in [-0.05, 0) is 59.3 Å². The second-order valence-electron chi connectivity index (χ2n) is 4.33. The molecule has 0 N–H and O–H groups in total. The molecule has 2 heterocycles. The van der Waals surface area contributed by atoms with E-state index in [1.165, 1.54) is 0 Å². The van der Waals surface area contributed by atoms with Crippen LogP contribution in [-0.2, 0) is 6.54 Å². The van der Waals surface area contributed by atoms with Crippen LogP contribution in [0, 0.1) is 10.5 Å². The number of imidazole rings is 1. The van der Waals surface area contributed by atoms with Crippen molar-refractivity contribution < 1.29 is 0 Å². The van der Waals surface area contributed by atoms with Crippen molar-refractivity contribution >= 4 is 45.4 Å². The van der Waals surface area contributed by atoms with Gasteiger partial charge in [-0.1, -0.05) is 17.7 Å². The third kappa shape index (κ3) is 2.47. The molecule has 3 aromatic rings. The van der Waals surface area contributed by atoms with Crippen molar-refractivity contribution in [3.63, 3.8) is 0 Å². The Morgan fingerprint density at radius 2 is 2.16 bits per heavy atom. The fourth-order valence-corrected chi connectivity index (χ4v) is 3.01. The van der Waals surface area contributed by atoms with Crippen molar-refractivity contribution in [2.24, 2.45) is 0 Å². The number of benzene rings is 1. The molecule has 0 atom stereocenters. The van der Waals surface area contributed by atoms with Crippen molar-refractivity contribution in [3.8, 4) is 0 Å². The lowest BCUT2D eigenvalue weighted by atomic mass is 10.2. The summed E-state index contributed by atoms with van der Waals surface area (Å²) in [6.45, 7) is 2.70. The molecule has 0 amide bonds. The normalized spacial score (nSPS) is 11.1. The summed E-state index contributed by atoms with van der Waals surface area (Å²) in [5, 5.41) is 0.789. The largest absolute Gasteiger partial charge is 0.322 e. The molecule has 3 nitrogen and oxygen atoms in total. The average molecular weight is 384 g/mol. The van der Waals surface area contributed by atoms with Crippen molar-refractivity contribution in [1.29, 1.82) is 0 Å². The number of hydrogen-bond acceptors (Lipinski definition) is 2. The van der Waals surface area contributed by atoms with Gasteiger partial charge >= 0.3 is 0 Å². The van der Waals surface area contributed by atoms with Crippen molar-refractivity contribution in [1.82, 2.24) is 14.5 Å². The molecule has 0 aliphatic rings. The number of fused-ring (bicyclic) bond motifs is 1. The molecule has 0 aliphatic carbocycles. The van der Waals surface area contributed by atoms with E-state index in [-0.39, 0.29) is 0 Å². The summed E-state index contributed by atoms with van der Waals surface area (Å²) in [6.07, 6.45) is 1.76. The molecule has 0 saturated carbocycles. The van der Waals surface area contributed by atoms with Crippen LogP contribution in [0.2, 0.25) is 5.02 Å². The lowest BCUT2D eigenvalue weighted by molar-refractivity contribution is 0.786. The first-order valence-electron chi connectivity index (χ1n) is 5.87. The number of halogens is 2. The predicted octanol–water partition coefficient (Wildman–Crippen LogP) is 4.05. The van der Waals surface area contributed by atoms with Gasteiger partial charge in [0, 0.05) is 14.8 Å². The van der Waals surface area contributed by atoms with Gasteiger partial charge in [0.15, 0.2) is 5.65 Å². The molecule has 96 valence electrons. The van der Waals surface area contributed by atoms with E-state index < -0.39 is 0 Å². The number of rotatable bonds is 2. The zero-order valence-electron chi connectivity index (χ0n) is 10.3. The molecule has 0 aliphatic heterocycles. The summed E-state index contributed by atoms with van der Waals surface area (Å²) in [5.74, 6) is 0.948. The summed E-state index contributed by atoms with van der Waals surface area (Å²) in [7, 11) is 0. The Kier molecular flexibility index (Phi) is 3.45. The van der Waals surface area contributed by atoms with Gasteiger partial charge in [-0.2, -0.15) is 0 Å². The van der Waals surface area contributed by atoms with E-state index in [9.17, 15) is 0 Å². The molecule has 19 heavy (non-hydrogen) atoms. The molecule has 0 fully saturated rings. The molecule has 0 radical (unpaired) electrons. The maximum Gasteiger partial charge on any atom is 0.177 e. The van der Waals surface area contributed by atoms with E-state index in [1.807, 2.05) is 25.1 Å². The molecule has 0 bridgehead atoms. The molecular formula is C14H11ClIN3. The topological polar surface area (TPSA) is 30.7 Å². The van der Waals surface area contributed by atoms with Crippen molar-refractivity contribution in [2.45, 2.75) is 13.5 Å². The van der Waals surface area contributed by atoms with Gasteiger partial charge in [0.05, 0.1) is 12.1 Å². The second kappa shape index (κ2) is 5.09. The SMILES string of the molecule is Cc1nc2ncccc2n1Cc1ccc(I)cc1Cl. The maximum absolute atomic E-state index is 6.30. The predicted molar refractivity (Wildman–Crippen MR) is 85.5 cm³/mol. The third-order valence-electron chi connectivity index (χ3n) is 3.06. The van der Waals surface area contributed by atoms with Gasteiger partial charge in [0.25, 0.3) is 0 Å². The van der Waals surface area contributed by atoms with E-state index in [2.05, 4.69) is 49.3 Å². The molecular weight excluding hydrogens is 373 g/mol. The van der Waals surface area contributed by atoms with Crippen LogP contribution >= 0.6 is 34.2 Å². The quantitative estimate of drug-likeness (QED) is 0.625. The van der Waals surface area contributed by atoms with Gasteiger partial charge in [-0.25, -0.2) is 9.97 Å². The maximum atomic E-state index is 6.30. The van der Waals surface area contributed by atoms with Crippen LogP contribution < -0.4 is 0 Å². The second-order valence-corrected chi connectivity index (χ2v) is 5.98. The van der Waals surface area contributed by atoms with Gasteiger partial charge in [0.2, 0.25) is 0 Å². The highest BCUT2D eigenvalue weighted by atomic mass is 127. The summed E-state index contributed by atoms with van der Waals surface area (Å²) in [6, 6.07) is 10.1. The minimum atomic E-state index is 0.712. The number of hydrogen-bond donors (Lipinski definition) is 0. The fraction of sp³-hybridized carbons (Fsp3) is 0.143. The van der Waals surface area contributed by atoms with Crippen molar-refractivity contribution in [2.75, 3.05) is 0 Å². The summed E-state index contributed by atoms with van der Waals surface area (Å²) >= 11 is 8.56. The van der Waals surface area contributed by atoms with E-state index in [1.54, 1.807) is 6.20 Å². The summed E-state index contributed by atoms with van der Waals surface area (Å²) in [5.41, 5.74) is 2.91. The van der Waals surface area contributed by atoms with Crippen LogP contribution in [0.1, 0.15) is 11.4 Å². The Bertz CT molecular complexity index is 752. The molecule has 5 heteroatoms. The zero-order chi connectivity index (χ0) is 13.4. The first-order valence-corrected chi connectivity index (χ1v) is 7.32. The lowest BCUT2D eigenvalue weighted by Crippen LogP contribution is -2.02. The summed E-state index contributed by atoms with van der Waals surface area (Å²) in [4.78, 5) is 8.74. The molecule has 0 saturated heterocycles. The highest BCUT2D eigenvalue weighted by Gasteiger charge is 2.10. The molecule has 0 unspecified atom stereocenters. The number of nitrogens with zero attached hydrogens (tertiary/aromatic N) is 3. The van der Waals surface area contributed by atoms with Crippen molar-refractivity contribution in [3.05, 3.63) is 56.5 Å². The first kappa shape index (κ1) is 12.9.